The molecule has 4 rings (SSSR count). The molecule has 0 fully saturated rings. The number of aliphatic hydroxyl groups is 1. The predicted octanol–water partition coefficient (Wildman–Crippen LogP) is 2.48. The number of Topliss-reactive ketones (excluding diaryl/α,β-unsaturated/α-hetero) is 1. The summed E-state index contributed by atoms with van der Waals surface area (Å²) in [7, 11) is 0. The number of aromatic hydroxyl groups is 4. The van der Waals surface area contributed by atoms with E-state index in [0.29, 0.717) is 0 Å². The van der Waals surface area contributed by atoms with Crippen molar-refractivity contribution in [2.24, 2.45) is 0 Å². The molecule has 0 aliphatic carbocycles. The number of phenols is 4. The molecule has 0 saturated heterocycles. The van der Waals surface area contributed by atoms with Gasteiger partial charge in [0.25, 0.3) is 0 Å². The first-order valence-electron chi connectivity index (χ1n) is 8.37. The van der Waals surface area contributed by atoms with Crippen molar-refractivity contribution in [2.45, 2.75) is 12.2 Å². The SMILES string of the molecule is O=C(c1cccs1)c1c(O)cc2c(c1O)C(=O)C(O)C(c1ccc(O)c(O)c1)O2. The lowest BCUT2D eigenvalue weighted by atomic mass is 9.90. The van der Waals surface area contributed by atoms with E-state index in [1.807, 2.05) is 0 Å². The fourth-order valence-electron chi connectivity index (χ4n) is 3.17. The number of carbonyl (C=O) groups excluding carboxylic acids is 2. The van der Waals surface area contributed by atoms with Gasteiger partial charge in [0.05, 0.1) is 4.88 Å². The molecule has 2 aromatic carbocycles. The van der Waals surface area contributed by atoms with Crippen LogP contribution >= 0.6 is 11.3 Å². The van der Waals surface area contributed by atoms with Crippen molar-refractivity contribution in [3.63, 3.8) is 0 Å². The monoisotopic (exact) mass is 414 g/mol. The highest BCUT2D eigenvalue weighted by molar-refractivity contribution is 7.12. The van der Waals surface area contributed by atoms with Gasteiger partial charge < -0.3 is 30.3 Å². The molecule has 0 bridgehead atoms. The van der Waals surface area contributed by atoms with Gasteiger partial charge in [0.2, 0.25) is 11.6 Å². The molecular formula is C20H14O8S. The molecule has 2 heterocycles. The number of rotatable bonds is 3. The fraction of sp³-hybridized carbons (Fsp3) is 0.100. The van der Waals surface area contributed by atoms with Crippen LogP contribution in [0.5, 0.6) is 28.7 Å². The molecule has 5 N–H and O–H groups in total. The molecule has 2 unspecified atom stereocenters. The van der Waals surface area contributed by atoms with E-state index in [1.165, 1.54) is 18.2 Å². The molecule has 0 saturated carbocycles. The number of aliphatic hydroxyl groups excluding tert-OH is 1. The van der Waals surface area contributed by atoms with Gasteiger partial charge in [-0.3, -0.25) is 9.59 Å². The van der Waals surface area contributed by atoms with Crippen molar-refractivity contribution in [3.8, 4) is 28.7 Å². The number of ketones is 2. The quantitative estimate of drug-likeness (QED) is 0.325. The first kappa shape index (κ1) is 18.8. The van der Waals surface area contributed by atoms with Crippen LogP contribution in [0.2, 0.25) is 0 Å². The van der Waals surface area contributed by atoms with Crippen LogP contribution in [0.4, 0.5) is 0 Å². The molecule has 1 aromatic heterocycles. The highest BCUT2D eigenvalue weighted by atomic mass is 32.1. The van der Waals surface area contributed by atoms with Gasteiger partial charge in [0, 0.05) is 6.07 Å². The van der Waals surface area contributed by atoms with Crippen molar-refractivity contribution in [1.29, 1.82) is 0 Å². The number of hydrogen-bond acceptors (Lipinski definition) is 9. The van der Waals surface area contributed by atoms with Crippen molar-refractivity contribution in [1.82, 2.24) is 0 Å². The summed E-state index contributed by atoms with van der Waals surface area (Å²) in [5, 5.41) is 52.0. The Kier molecular flexibility index (Phi) is 4.40. The van der Waals surface area contributed by atoms with Crippen LogP contribution < -0.4 is 4.74 Å². The van der Waals surface area contributed by atoms with Crippen molar-refractivity contribution < 1.29 is 39.9 Å². The third-order valence-electron chi connectivity index (χ3n) is 4.60. The smallest absolute Gasteiger partial charge is 0.210 e. The van der Waals surface area contributed by atoms with Gasteiger partial charge in [-0.05, 0) is 29.1 Å². The zero-order chi connectivity index (χ0) is 20.9. The van der Waals surface area contributed by atoms with Crippen molar-refractivity contribution in [2.75, 3.05) is 0 Å². The standard InChI is InChI=1S/C20H14O8S/c21-9-4-3-8(6-10(9)22)20-19(27)18(26)15-12(28-20)7-11(23)14(17(15)25)16(24)13-2-1-5-29-13/h1-7,19-23,25,27H. The lowest BCUT2D eigenvalue weighted by molar-refractivity contribution is 0.0209. The van der Waals surface area contributed by atoms with Crippen LogP contribution in [-0.2, 0) is 0 Å². The summed E-state index contributed by atoms with van der Waals surface area (Å²) in [5.74, 6) is -4.05. The van der Waals surface area contributed by atoms with Crippen LogP contribution in [0.25, 0.3) is 0 Å². The van der Waals surface area contributed by atoms with E-state index >= 15 is 0 Å². The second kappa shape index (κ2) is 6.80. The minimum Gasteiger partial charge on any atom is -0.507 e. The highest BCUT2D eigenvalue weighted by Gasteiger charge is 2.41. The zero-order valence-corrected chi connectivity index (χ0v) is 15.4. The molecule has 9 heteroatoms. The first-order chi connectivity index (χ1) is 13.8. The van der Waals surface area contributed by atoms with E-state index in [4.69, 9.17) is 4.74 Å². The third kappa shape index (κ3) is 2.96. The molecule has 0 radical (unpaired) electrons. The summed E-state index contributed by atoms with van der Waals surface area (Å²) in [4.78, 5) is 25.6. The summed E-state index contributed by atoms with van der Waals surface area (Å²) in [6, 6.07) is 7.78. The van der Waals surface area contributed by atoms with Crippen molar-refractivity contribution in [3.05, 3.63) is 63.3 Å². The van der Waals surface area contributed by atoms with Crippen molar-refractivity contribution >= 4 is 22.9 Å². The molecule has 29 heavy (non-hydrogen) atoms. The lowest BCUT2D eigenvalue weighted by Gasteiger charge is -2.30. The average molecular weight is 414 g/mol. The Morgan fingerprint density at radius 2 is 1.76 bits per heavy atom. The summed E-state index contributed by atoms with van der Waals surface area (Å²) >= 11 is 1.10. The summed E-state index contributed by atoms with van der Waals surface area (Å²) in [6.45, 7) is 0. The topological polar surface area (TPSA) is 145 Å². The van der Waals surface area contributed by atoms with E-state index in [-0.39, 0.29) is 16.2 Å². The Morgan fingerprint density at radius 1 is 1.00 bits per heavy atom. The maximum atomic E-state index is 12.8. The van der Waals surface area contributed by atoms with Gasteiger partial charge in [0.15, 0.2) is 23.7 Å². The summed E-state index contributed by atoms with van der Waals surface area (Å²) in [6.07, 6.45) is -3.02. The largest absolute Gasteiger partial charge is 0.507 e. The van der Waals surface area contributed by atoms with Crippen LogP contribution in [-0.4, -0.2) is 43.2 Å². The molecule has 1 aliphatic rings. The Labute approximate surface area is 167 Å². The predicted molar refractivity (Wildman–Crippen MR) is 101 cm³/mol. The van der Waals surface area contributed by atoms with E-state index in [2.05, 4.69) is 0 Å². The molecule has 148 valence electrons. The van der Waals surface area contributed by atoms with Gasteiger partial charge in [-0.1, -0.05) is 12.1 Å². The molecule has 2 atom stereocenters. The van der Waals surface area contributed by atoms with Crippen LogP contribution in [0.3, 0.4) is 0 Å². The molecule has 8 nitrogen and oxygen atoms in total. The normalized spacial score (nSPS) is 18.2. The van der Waals surface area contributed by atoms with Gasteiger partial charge in [-0.2, -0.15) is 0 Å². The molecule has 0 amide bonds. The van der Waals surface area contributed by atoms with E-state index in [9.17, 15) is 35.1 Å². The number of fused-ring (bicyclic) bond motifs is 1. The van der Waals surface area contributed by atoms with E-state index in [1.54, 1.807) is 11.4 Å². The van der Waals surface area contributed by atoms with E-state index in [0.717, 1.165) is 23.5 Å². The minimum absolute atomic E-state index is 0.185. The van der Waals surface area contributed by atoms with Gasteiger partial charge >= 0.3 is 0 Å². The fourth-order valence-corrected chi connectivity index (χ4v) is 3.84. The second-order valence-corrected chi connectivity index (χ2v) is 7.34. The van der Waals surface area contributed by atoms with Crippen LogP contribution in [0.1, 0.15) is 37.3 Å². The van der Waals surface area contributed by atoms with Gasteiger partial charge in [0.1, 0.15) is 28.4 Å². The number of ether oxygens (including phenoxy) is 1. The van der Waals surface area contributed by atoms with Gasteiger partial charge in [-0.25, -0.2) is 0 Å². The zero-order valence-electron chi connectivity index (χ0n) is 14.6. The maximum Gasteiger partial charge on any atom is 0.210 e. The highest BCUT2D eigenvalue weighted by Crippen LogP contribution is 2.46. The first-order valence-corrected chi connectivity index (χ1v) is 9.25. The number of hydrogen-bond donors (Lipinski definition) is 5. The van der Waals surface area contributed by atoms with Crippen LogP contribution in [0, 0.1) is 0 Å². The lowest BCUT2D eigenvalue weighted by Crippen LogP contribution is -2.36. The Hall–Kier alpha value is -3.56. The van der Waals surface area contributed by atoms with Crippen LogP contribution in [0.15, 0.2) is 41.8 Å². The number of carbonyl (C=O) groups is 2. The Bertz CT molecular complexity index is 1140. The third-order valence-corrected chi connectivity index (χ3v) is 5.47. The summed E-state index contributed by atoms with van der Waals surface area (Å²) in [5.41, 5.74) is -0.699. The summed E-state index contributed by atoms with van der Waals surface area (Å²) < 4.78 is 5.59. The Balaban J connectivity index is 1.80. The molecule has 3 aromatic rings. The molecule has 1 aliphatic heterocycles. The molecule has 0 spiro atoms. The number of benzene rings is 2. The minimum atomic E-state index is -1.76. The average Bonchev–Trinajstić information content (AvgIpc) is 3.21. The van der Waals surface area contributed by atoms with E-state index < -0.39 is 57.9 Å². The second-order valence-electron chi connectivity index (χ2n) is 6.39. The van der Waals surface area contributed by atoms with Gasteiger partial charge in [-0.15, -0.1) is 11.3 Å². The maximum absolute atomic E-state index is 12.8. The Morgan fingerprint density at radius 3 is 2.41 bits per heavy atom. The molecular weight excluding hydrogens is 400 g/mol. The number of phenolic OH excluding ortho intramolecular Hbond substituents is 4. The number of thiophene rings is 1.